The second-order valence-corrected chi connectivity index (χ2v) is 8.61. The minimum atomic E-state index is -4.78. The Morgan fingerprint density at radius 3 is 2.46 bits per heavy atom. The minimum Gasteiger partial charge on any atom is -0.382 e. The van der Waals surface area contributed by atoms with Crippen molar-refractivity contribution < 1.29 is 31.5 Å². The maximum Gasteiger partial charge on any atom is 0.418 e. The fraction of sp³-hybridized carbons (Fsp3) is 0.364. The maximum absolute atomic E-state index is 13.9. The highest BCUT2D eigenvalue weighted by molar-refractivity contribution is 6.03. The van der Waals surface area contributed by atoms with E-state index in [0.717, 1.165) is 27.9 Å². The summed E-state index contributed by atoms with van der Waals surface area (Å²) < 4.78 is 69.9. The Bertz CT molecular complexity index is 1330. The molecule has 1 aliphatic rings. The number of alkyl halides is 5. The first kappa shape index (κ1) is 24.4. The molecule has 8 nitrogen and oxygen atoms in total. The zero-order chi connectivity index (χ0) is 25.9. The molecule has 0 unspecified atom stereocenters. The number of fused-ring (bicyclic) bond motifs is 1. The number of carbonyl (C=O) groups excluding carboxylic acids is 2. The molecule has 0 bridgehead atoms. The van der Waals surface area contributed by atoms with Gasteiger partial charge in [0.2, 0.25) is 5.91 Å². The van der Waals surface area contributed by atoms with E-state index in [2.05, 4.69) is 10.1 Å². The van der Waals surface area contributed by atoms with Crippen molar-refractivity contribution >= 4 is 28.8 Å². The summed E-state index contributed by atoms with van der Waals surface area (Å²) in [6, 6.07) is 4.32. The Balaban J connectivity index is 1.90. The first-order valence-corrected chi connectivity index (χ1v) is 10.5. The normalized spacial score (nSPS) is 16.4. The van der Waals surface area contributed by atoms with Crippen LogP contribution < -0.4 is 10.6 Å². The Morgan fingerprint density at radius 2 is 1.86 bits per heavy atom. The number of hydrogen-bond acceptors (Lipinski definition) is 5. The van der Waals surface area contributed by atoms with Crippen molar-refractivity contribution in [2.45, 2.75) is 38.9 Å². The molecule has 2 aromatic heterocycles. The fourth-order valence-electron chi connectivity index (χ4n) is 4.42. The number of hydrogen-bond donors (Lipinski definition) is 1. The van der Waals surface area contributed by atoms with Gasteiger partial charge in [0, 0.05) is 31.1 Å². The van der Waals surface area contributed by atoms with E-state index in [-0.39, 0.29) is 35.9 Å². The molecule has 0 spiro atoms. The van der Waals surface area contributed by atoms with E-state index in [1.54, 1.807) is 0 Å². The number of amides is 2. The topological polar surface area (TPSA) is 96.8 Å². The number of anilines is 2. The molecule has 0 atom stereocenters. The summed E-state index contributed by atoms with van der Waals surface area (Å²) in [6.07, 6.45) is -6.77. The molecule has 1 aliphatic heterocycles. The molecule has 2 amide bonds. The van der Waals surface area contributed by atoms with Crippen LogP contribution in [0.5, 0.6) is 0 Å². The molecule has 4 rings (SSSR count). The fourth-order valence-corrected chi connectivity index (χ4v) is 4.42. The summed E-state index contributed by atoms with van der Waals surface area (Å²) in [7, 11) is 0. The van der Waals surface area contributed by atoms with Gasteiger partial charge in [0.05, 0.1) is 16.9 Å². The van der Waals surface area contributed by atoms with Crippen LogP contribution in [0.2, 0.25) is 0 Å². The van der Waals surface area contributed by atoms with Crippen LogP contribution in [0.3, 0.4) is 0 Å². The number of piperazine rings is 1. The Kier molecular flexibility index (Phi) is 5.68. The highest BCUT2D eigenvalue weighted by Crippen LogP contribution is 2.41. The molecule has 0 radical (unpaired) electrons. The largest absolute Gasteiger partial charge is 0.418 e. The Hall–Kier alpha value is -3.77. The van der Waals surface area contributed by atoms with Crippen molar-refractivity contribution in [2.24, 2.45) is 0 Å². The van der Waals surface area contributed by atoms with Crippen LogP contribution in [0.1, 0.15) is 38.3 Å². The van der Waals surface area contributed by atoms with E-state index in [4.69, 9.17) is 5.73 Å². The number of nitrogens with two attached hydrogens (primary N) is 1. The van der Waals surface area contributed by atoms with Crippen LogP contribution in [0.25, 0.3) is 16.8 Å². The molecule has 3 aromatic rings. The van der Waals surface area contributed by atoms with Crippen molar-refractivity contribution in [3.8, 4) is 11.3 Å². The molecule has 0 saturated carbocycles. The highest BCUT2D eigenvalue weighted by atomic mass is 19.4. The van der Waals surface area contributed by atoms with Crippen molar-refractivity contribution in [1.29, 1.82) is 0 Å². The molecule has 3 heterocycles. The van der Waals surface area contributed by atoms with Crippen molar-refractivity contribution in [3.05, 3.63) is 41.7 Å². The van der Waals surface area contributed by atoms with Gasteiger partial charge in [0.25, 0.3) is 12.3 Å². The van der Waals surface area contributed by atoms with Gasteiger partial charge < -0.3 is 15.5 Å². The van der Waals surface area contributed by atoms with Gasteiger partial charge in [0.1, 0.15) is 17.4 Å². The molecule has 2 N–H and O–H groups in total. The average Bonchev–Trinajstić information content (AvgIpc) is 3.16. The molecular formula is C22H21F5N6O2. The number of halogens is 5. The lowest BCUT2D eigenvalue weighted by Gasteiger charge is -2.45. The van der Waals surface area contributed by atoms with Crippen LogP contribution in [-0.4, -0.2) is 49.9 Å². The molecular weight excluding hydrogens is 475 g/mol. The third kappa shape index (κ3) is 3.94. The summed E-state index contributed by atoms with van der Waals surface area (Å²) in [6.45, 7) is 4.34. The third-order valence-corrected chi connectivity index (χ3v) is 6.11. The van der Waals surface area contributed by atoms with Crippen LogP contribution in [0, 0.1) is 0 Å². The molecule has 1 aromatic carbocycles. The van der Waals surface area contributed by atoms with Gasteiger partial charge in [-0.05, 0) is 26.0 Å². The third-order valence-electron chi connectivity index (χ3n) is 6.11. The second-order valence-electron chi connectivity index (χ2n) is 8.61. The summed E-state index contributed by atoms with van der Waals surface area (Å²) in [5.41, 5.74) is 2.21. The zero-order valence-corrected chi connectivity index (χ0v) is 18.9. The van der Waals surface area contributed by atoms with Gasteiger partial charge in [-0.25, -0.2) is 18.3 Å². The molecule has 13 heteroatoms. The second kappa shape index (κ2) is 8.17. The predicted molar refractivity (Wildman–Crippen MR) is 117 cm³/mol. The highest BCUT2D eigenvalue weighted by Gasteiger charge is 2.44. The van der Waals surface area contributed by atoms with E-state index in [1.165, 1.54) is 37.8 Å². The van der Waals surface area contributed by atoms with Gasteiger partial charge in [0.15, 0.2) is 5.82 Å². The predicted octanol–water partition coefficient (Wildman–Crippen LogP) is 3.91. The number of rotatable bonds is 3. The number of nitrogen functional groups attached to an aromatic ring is 1. The summed E-state index contributed by atoms with van der Waals surface area (Å²) >= 11 is 0. The lowest BCUT2D eigenvalue weighted by Crippen LogP contribution is -2.64. The molecule has 1 saturated heterocycles. The SMILES string of the molecule is CC(=O)N1CCN(c2cc(-c3cc(C(F)(F)F)c4c(N)ncnn34)ccc2C(F)F)C(=O)C1(C)C. The van der Waals surface area contributed by atoms with Crippen LogP contribution in [0.4, 0.5) is 33.5 Å². The van der Waals surface area contributed by atoms with E-state index in [0.29, 0.717) is 0 Å². The van der Waals surface area contributed by atoms with E-state index in [1.807, 2.05) is 0 Å². The maximum atomic E-state index is 13.9. The quantitative estimate of drug-likeness (QED) is 0.555. The molecule has 1 fully saturated rings. The molecule has 0 aliphatic carbocycles. The van der Waals surface area contributed by atoms with Gasteiger partial charge in [-0.3, -0.25) is 9.59 Å². The summed E-state index contributed by atoms with van der Waals surface area (Å²) in [4.78, 5) is 31.3. The molecule has 186 valence electrons. The summed E-state index contributed by atoms with van der Waals surface area (Å²) in [5, 5.41) is 3.87. The minimum absolute atomic E-state index is 0.0666. The van der Waals surface area contributed by atoms with Gasteiger partial charge in [-0.1, -0.05) is 12.1 Å². The standard InChI is InChI=1S/C22H21F5N6O2/c1-11(34)32-7-6-31(20(35)21(32,2)3)16-8-12(4-5-13(16)18(23)24)15-9-14(22(25,26)27)17-19(28)29-10-30-33(15)17/h4-5,8-10,18H,6-7H2,1-3H3,(H2,28,29,30). The number of benzene rings is 1. The van der Waals surface area contributed by atoms with Gasteiger partial charge in [-0.2, -0.15) is 18.3 Å². The number of carbonyl (C=O) groups is 2. The van der Waals surface area contributed by atoms with E-state index in [9.17, 15) is 31.5 Å². The van der Waals surface area contributed by atoms with Crippen molar-refractivity contribution in [1.82, 2.24) is 19.5 Å². The molecule has 35 heavy (non-hydrogen) atoms. The average molecular weight is 496 g/mol. The Labute approximate surface area is 196 Å². The van der Waals surface area contributed by atoms with Crippen LogP contribution in [-0.2, 0) is 15.8 Å². The van der Waals surface area contributed by atoms with Crippen LogP contribution in [0.15, 0.2) is 30.6 Å². The zero-order valence-electron chi connectivity index (χ0n) is 18.9. The smallest absolute Gasteiger partial charge is 0.382 e. The van der Waals surface area contributed by atoms with Gasteiger partial charge >= 0.3 is 6.18 Å². The van der Waals surface area contributed by atoms with E-state index < -0.39 is 46.5 Å². The number of aromatic nitrogens is 3. The Morgan fingerprint density at radius 1 is 1.17 bits per heavy atom. The van der Waals surface area contributed by atoms with Crippen LogP contribution >= 0.6 is 0 Å². The van der Waals surface area contributed by atoms with Crippen molar-refractivity contribution in [2.75, 3.05) is 23.7 Å². The first-order valence-electron chi connectivity index (χ1n) is 10.5. The van der Waals surface area contributed by atoms with Crippen molar-refractivity contribution in [3.63, 3.8) is 0 Å². The lowest BCUT2D eigenvalue weighted by atomic mass is 9.95. The van der Waals surface area contributed by atoms with Gasteiger partial charge in [-0.15, -0.1) is 0 Å². The first-order chi connectivity index (χ1) is 16.2. The number of nitrogens with zero attached hydrogens (tertiary/aromatic N) is 5. The van der Waals surface area contributed by atoms with E-state index >= 15 is 0 Å². The summed E-state index contributed by atoms with van der Waals surface area (Å²) in [5.74, 6) is -1.34. The lowest BCUT2D eigenvalue weighted by molar-refractivity contribution is -0.145. The monoisotopic (exact) mass is 496 g/mol.